The third-order valence-electron chi connectivity index (χ3n) is 1.98. The van der Waals surface area contributed by atoms with Crippen molar-refractivity contribution in [2.45, 2.75) is 6.42 Å². The zero-order valence-corrected chi connectivity index (χ0v) is 13.0. The van der Waals surface area contributed by atoms with E-state index in [0.717, 1.165) is 23.6 Å². The molecule has 0 saturated carbocycles. The van der Waals surface area contributed by atoms with Crippen LogP contribution in [0.4, 0.5) is 5.69 Å². The summed E-state index contributed by atoms with van der Waals surface area (Å²) in [7, 11) is -7.44. The van der Waals surface area contributed by atoms with Crippen molar-refractivity contribution in [2.24, 2.45) is 0 Å². The first-order chi connectivity index (χ1) is 8.22. The maximum atomic E-state index is 11.5. The molecule has 0 aliphatic rings. The Labute approximate surface area is 116 Å². The third kappa shape index (κ3) is 5.83. The van der Waals surface area contributed by atoms with Crippen molar-refractivity contribution in [3.8, 4) is 0 Å². The maximum Gasteiger partial charge on any atom is 0.247 e. The molecule has 18 heavy (non-hydrogen) atoms. The first-order valence-electron chi connectivity index (χ1n) is 5.05. The van der Waals surface area contributed by atoms with Gasteiger partial charge in [0, 0.05) is 17.3 Å². The second-order valence-corrected chi connectivity index (χ2v) is 8.92. The van der Waals surface area contributed by atoms with E-state index in [2.05, 4.69) is 20.7 Å². The minimum absolute atomic E-state index is 0.358. The second kappa shape index (κ2) is 6.03. The van der Waals surface area contributed by atoms with Crippen LogP contribution in [0.1, 0.15) is 5.56 Å². The Balaban J connectivity index is 2.79. The van der Waals surface area contributed by atoms with Crippen LogP contribution in [0.3, 0.4) is 0 Å². The smallest absolute Gasteiger partial charge is 0.247 e. The fourth-order valence-electron chi connectivity index (χ4n) is 1.34. The van der Waals surface area contributed by atoms with Crippen LogP contribution in [-0.4, -0.2) is 33.5 Å². The number of hydrogen-bond donors (Lipinski definition) is 1. The fourth-order valence-corrected chi connectivity index (χ4v) is 4.78. The number of hydrogen-bond acceptors (Lipinski definition) is 4. The number of alkyl halides is 1. The molecule has 0 fully saturated rings. The summed E-state index contributed by atoms with van der Waals surface area (Å²) in [6, 6.07) is 6.80. The van der Waals surface area contributed by atoms with Gasteiger partial charge in [0.25, 0.3) is 0 Å². The van der Waals surface area contributed by atoms with E-state index < -0.39 is 24.9 Å². The first-order valence-corrected chi connectivity index (χ1v) is 9.88. The average Bonchev–Trinajstić information content (AvgIpc) is 2.17. The normalized spacial score (nSPS) is 12.3. The number of rotatable bonds is 6. The Morgan fingerprint density at radius 2 is 1.67 bits per heavy atom. The summed E-state index contributed by atoms with van der Waals surface area (Å²) in [5, 5.41) is -0.0880. The van der Waals surface area contributed by atoms with E-state index in [1.807, 2.05) is 0 Å². The number of halogens is 1. The summed E-state index contributed by atoms with van der Waals surface area (Å²) in [4.78, 5) is 0. The number of benzene rings is 1. The lowest BCUT2D eigenvalue weighted by Crippen LogP contribution is -2.22. The highest BCUT2D eigenvalue weighted by Crippen LogP contribution is 2.13. The van der Waals surface area contributed by atoms with Gasteiger partial charge >= 0.3 is 0 Å². The van der Waals surface area contributed by atoms with Crippen LogP contribution in [0.15, 0.2) is 24.3 Å². The van der Waals surface area contributed by atoms with Gasteiger partial charge in [-0.3, -0.25) is 4.72 Å². The fraction of sp³-hybridized carbons (Fsp3) is 0.400. The Kier molecular flexibility index (Phi) is 5.18. The predicted octanol–water partition coefficient (Wildman–Crippen LogP) is 1.37. The quantitative estimate of drug-likeness (QED) is 0.781. The van der Waals surface area contributed by atoms with E-state index in [1.54, 1.807) is 24.3 Å². The van der Waals surface area contributed by atoms with Crippen LogP contribution >= 0.6 is 15.9 Å². The summed E-state index contributed by atoms with van der Waals surface area (Å²) in [6.07, 6.45) is 1.72. The van der Waals surface area contributed by atoms with Crippen LogP contribution in [0.5, 0.6) is 0 Å². The van der Waals surface area contributed by atoms with Gasteiger partial charge in [0.15, 0.2) is 14.9 Å². The summed E-state index contributed by atoms with van der Waals surface area (Å²) >= 11 is 3.31. The molecule has 1 N–H and O–H groups in total. The zero-order chi connectivity index (χ0) is 13.8. The lowest BCUT2D eigenvalue weighted by molar-refractivity contribution is 0.595. The lowest BCUT2D eigenvalue weighted by atomic mass is 10.2. The van der Waals surface area contributed by atoms with Gasteiger partial charge in [-0.25, -0.2) is 16.8 Å². The first kappa shape index (κ1) is 15.5. The molecule has 0 amide bonds. The van der Waals surface area contributed by atoms with Crippen LogP contribution < -0.4 is 4.72 Å². The molecular formula is C10H14BrNO4S2. The van der Waals surface area contributed by atoms with Crippen LogP contribution in [0.2, 0.25) is 0 Å². The van der Waals surface area contributed by atoms with E-state index in [4.69, 9.17) is 0 Å². The highest BCUT2D eigenvalue weighted by molar-refractivity contribution is 9.09. The van der Waals surface area contributed by atoms with E-state index in [1.165, 1.54) is 0 Å². The molecule has 1 rings (SSSR count). The van der Waals surface area contributed by atoms with Crippen molar-refractivity contribution in [3.05, 3.63) is 29.8 Å². The van der Waals surface area contributed by atoms with Gasteiger partial charge in [0.2, 0.25) is 10.0 Å². The molecule has 0 radical (unpaired) electrons. The van der Waals surface area contributed by atoms with E-state index in [0.29, 0.717) is 5.69 Å². The van der Waals surface area contributed by atoms with Gasteiger partial charge in [0.1, 0.15) is 0 Å². The molecule has 0 aliphatic carbocycles. The summed E-state index contributed by atoms with van der Waals surface area (Å²) < 4.78 is 47.2. The number of sulfone groups is 1. The van der Waals surface area contributed by atoms with Crippen molar-refractivity contribution in [1.29, 1.82) is 0 Å². The predicted molar refractivity (Wildman–Crippen MR) is 76.2 cm³/mol. The Morgan fingerprint density at radius 1 is 1.11 bits per heavy atom. The number of aryl methyl sites for hydroxylation is 1. The summed E-state index contributed by atoms with van der Waals surface area (Å²) in [5.41, 5.74) is 1.43. The van der Waals surface area contributed by atoms with Crippen molar-refractivity contribution >= 4 is 41.5 Å². The molecule has 0 spiro atoms. The van der Waals surface area contributed by atoms with Gasteiger partial charge in [-0.2, -0.15) is 0 Å². The Bertz CT molecular complexity index is 593. The largest absolute Gasteiger partial charge is 0.283 e. The lowest BCUT2D eigenvalue weighted by Gasteiger charge is -2.07. The molecule has 0 bridgehead atoms. The van der Waals surface area contributed by atoms with Crippen molar-refractivity contribution < 1.29 is 16.8 Å². The number of sulfonamides is 1. The molecule has 0 atom stereocenters. The van der Waals surface area contributed by atoms with Crippen molar-refractivity contribution in [2.75, 3.05) is 21.4 Å². The molecule has 0 saturated heterocycles. The van der Waals surface area contributed by atoms with Gasteiger partial charge in [-0.1, -0.05) is 28.1 Å². The van der Waals surface area contributed by atoms with Crippen LogP contribution in [-0.2, 0) is 26.3 Å². The minimum Gasteiger partial charge on any atom is -0.283 e. The maximum absolute atomic E-state index is 11.5. The highest BCUT2D eigenvalue weighted by Gasteiger charge is 2.17. The molecule has 5 nitrogen and oxygen atoms in total. The number of anilines is 1. The third-order valence-corrected chi connectivity index (χ3v) is 5.88. The van der Waals surface area contributed by atoms with Crippen LogP contribution in [0.25, 0.3) is 0 Å². The summed E-state index contributed by atoms with van der Waals surface area (Å²) in [6.45, 7) is 0. The van der Waals surface area contributed by atoms with Crippen molar-refractivity contribution in [3.63, 3.8) is 0 Å². The monoisotopic (exact) mass is 355 g/mol. The number of nitrogens with one attached hydrogen (secondary N) is 1. The second-order valence-electron chi connectivity index (χ2n) is 3.90. The van der Waals surface area contributed by atoms with Crippen molar-refractivity contribution in [1.82, 2.24) is 0 Å². The van der Waals surface area contributed by atoms with Gasteiger partial charge < -0.3 is 0 Å². The zero-order valence-electron chi connectivity index (χ0n) is 9.76. The molecule has 102 valence electrons. The average molecular weight is 356 g/mol. The molecule has 0 unspecified atom stereocenters. The van der Waals surface area contributed by atoms with E-state index in [-0.39, 0.29) is 0 Å². The standard InChI is InChI=1S/C10H14BrNO4S2/c1-17(13,14)8-18(15,16)12-10-4-2-9(3-5-10)6-7-11/h2-5,12H,6-8H2,1H3. The van der Waals surface area contributed by atoms with Gasteiger partial charge in [0.05, 0.1) is 0 Å². The molecule has 0 heterocycles. The molecule has 0 aliphatic heterocycles. The molecule has 8 heteroatoms. The SMILES string of the molecule is CS(=O)(=O)CS(=O)(=O)Nc1ccc(CCBr)cc1. The van der Waals surface area contributed by atoms with Gasteiger partial charge in [-0.15, -0.1) is 0 Å². The van der Waals surface area contributed by atoms with Crippen LogP contribution in [0, 0.1) is 0 Å². The molecule has 1 aromatic rings. The van der Waals surface area contributed by atoms with Gasteiger partial charge in [-0.05, 0) is 24.1 Å². The Hall–Kier alpha value is -0.600. The minimum atomic E-state index is -3.86. The molecule has 1 aromatic carbocycles. The molecular weight excluding hydrogens is 342 g/mol. The highest BCUT2D eigenvalue weighted by atomic mass is 79.9. The van der Waals surface area contributed by atoms with E-state index >= 15 is 0 Å². The van der Waals surface area contributed by atoms with E-state index in [9.17, 15) is 16.8 Å². The molecule has 0 aromatic heterocycles. The summed E-state index contributed by atoms with van der Waals surface area (Å²) in [5.74, 6) is 0. The topological polar surface area (TPSA) is 80.3 Å². The Morgan fingerprint density at radius 3 is 2.11 bits per heavy atom.